The molecule has 0 fully saturated rings. The molecule has 2 heterocycles. The summed E-state index contributed by atoms with van der Waals surface area (Å²) in [6.07, 6.45) is 1.80. The smallest absolute Gasteiger partial charge is 0.251 e. The quantitative estimate of drug-likeness (QED) is 0.510. The summed E-state index contributed by atoms with van der Waals surface area (Å²) in [6.45, 7) is 4.25. The molecular formula is C25H25N5O3. The van der Waals surface area contributed by atoms with Crippen LogP contribution in [0.2, 0.25) is 0 Å². The number of carbonyl (C=O) groups is 1. The fraction of sp³-hybridized carbons (Fsp3) is 0.280. The van der Waals surface area contributed by atoms with Crippen LogP contribution in [0.15, 0.2) is 54.9 Å². The number of fused-ring (bicyclic) bond motifs is 1. The van der Waals surface area contributed by atoms with Crippen LogP contribution in [-0.2, 0) is 0 Å². The van der Waals surface area contributed by atoms with E-state index in [2.05, 4.69) is 33.6 Å². The van der Waals surface area contributed by atoms with Crippen LogP contribution in [0.3, 0.4) is 0 Å². The van der Waals surface area contributed by atoms with Crippen molar-refractivity contribution in [2.75, 3.05) is 31.6 Å². The van der Waals surface area contributed by atoms with E-state index in [-0.39, 0.29) is 18.2 Å². The third kappa shape index (κ3) is 5.39. The van der Waals surface area contributed by atoms with Gasteiger partial charge in [-0.2, -0.15) is 5.26 Å². The topological polar surface area (TPSA) is 109 Å². The summed E-state index contributed by atoms with van der Waals surface area (Å²) in [5.41, 5.74) is 3.27. The molecule has 1 aliphatic rings. The lowest BCUT2D eigenvalue weighted by molar-refractivity contribution is 0.0954. The van der Waals surface area contributed by atoms with Crippen molar-refractivity contribution >= 4 is 11.7 Å². The summed E-state index contributed by atoms with van der Waals surface area (Å²) in [5, 5.41) is 14.7. The van der Waals surface area contributed by atoms with Crippen molar-refractivity contribution in [2.24, 2.45) is 0 Å². The lowest BCUT2D eigenvalue weighted by Crippen LogP contribution is -2.24. The van der Waals surface area contributed by atoms with E-state index in [1.165, 1.54) is 6.33 Å². The second-order valence-corrected chi connectivity index (χ2v) is 7.68. The molecule has 0 unspecified atom stereocenters. The maximum atomic E-state index is 12.1. The van der Waals surface area contributed by atoms with Crippen molar-refractivity contribution in [3.05, 3.63) is 66.0 Å². The van der Waals surface area contributed by atoms with Crippen LogP contribution < -0.4 is 20.1 Å². The molecule has 1 aliphatic heterocycles. The Bertz CT molecular complexity index is 1160. The predicted molar refractivity (Wildman–Crippen MR) is 124 cm³/mol. The molecule has 0 spiro atoms. The number of nitrogens with one attached hydrogen (secondary N) is 2. The number of benzene rings is 2. The normalized spacial score (nSPS) is 13.0. The molecule has 8 nitrogen and oxygen atoms in total. The average Bonchev–Trinajstić information content (AvgIpc) is 2.87. The second-order valence-electron chi connectivity index (χ2n) is 7.68. The van der Waals surface area contributed by atoms with Gasteiger partial charge in [-0.05, 0) is 18.2 Å². The van der Waals surface area contributed by atoms with Crippen LogP contribution in [0.4, 0.5) is 5.82 Å². The molecule has 8 heteroatoms. The zero-order chi connectivity index (χ0) is 23.0. The third-order valence-corrected chi connectivity index (χ3v) is 5.35. The second kappa shape index (κ2) is 10.5. The van der Waals surface area contributed by atoms with Crippen LogP contribution in [0.1, 0.15) is 35.2 Å². The first-order valence-electron chi connectivity index (χ1n) is 10.9. The van der Waals surface area contributed by atoms with Crippen molar-refractivity contribution in [3.8, 4) is 28.8 Å². The molecule has 0 radical (unpaired) electrons. The lowest BCUT2D eigenvalue weighted by atomic mass is 9.99. The monoisotopic (exact) mass is 443 g/mol. The van der Waals surface area contributed by atoms with Crippen molar-refractivity contribution in [3.63, 3.8) is 0 Å². The van der Waals surface area contributed by atoms with E-state index in [0.29, 0.717) is 37.7 Å². The SMILES string of the molecule is C[C@H](CNc1cc(-c2ccc(C(=O)NCCC#N)cc2)ncn1)c1cccc2c1OCCO2. The fourth-order valence-electron chi connectivity index (χ4n) is 3.59. The Morgan fingerprint density at radius 3 is 2.79 bits per heavy atom. The maximum Gasteiger partial charge on any atom is 0.251 e. The van der Waals surface area contributed by atoms with Gasteiger partial charge in [-0.25, -0.2) is 9.97 Å². The van der Waals surface area contributed by atoms with Crippen LogP contribution >= 0.6 is 0 Å². The molecule has 0 bridgehead atoms. The summed E-state index contributed by atoms with van der Waals surface area (Å²) >= 11 is 0. The van der Waals surface area contributed by atoms with Crippen molar-refractivity contribution in [2.45, 2.75) is 19.3 Å². The van der Waals surface area contributed by atoms with Crippen LogP contribution in [0.5, 0.6) is 11.5 Å². The van der Waals surface area contributed by atoms with E-state index in [1.54, 1.807) is 12.1 Å². The number of nitriles is 1. The van der Waals surface area contributed by atoms with Gasteiger partial charge in [0.15, 0.2) is 11.5 Å². The minimum atomic E-state index is -0.201. The van der Waals surface area contributed by atoms with E-state index < -0.39 is 0 Å². The Morgan fingerprint density at radius 2 is 1.97 bits per heavy atom. The van der Waals surface area contributed by atoms with E-state index >= 15 is 0 Å². The van der Waals surface area contributed by atoms with Crippen LogP contribution in [0, 0.1) is 11.3 Å². The number of nitrogens with zero attached hydrogens (tertiary/aromatic N) is 3. The molecule has 0 saturated heterocycles. The number of ether oxygens (including phenoxy) is 2. The Labute approximate surface area is 192 Å². The minimum absolute atomic E-state index is 0.180. The Morgan fingerprint density at radius 1 is 1.15 bits per heavy atom. The predicted octanol–water partition coefficient (Wildman–Crippen LogP) is 3.77. The number of para-hydroxylation sites is 1. The average molecular weight is 444 g/mol. The zero-order valence-electron chi connectivity index (χ0n) is 18.4. The highest BCUT2D eigenvalue weighted by atomic mass is 16.6. The van der Waals surface area contributed by atoms with Gasteiger partial charge in [0.2, 0.25) is 0 Å². The number of amides is 1. The molecule has 168 valence electrons. The van der Waals surface area contributed by atoms with Gasteiger partial charge in [0.25, 0.3) is 5.91 Å². The number of carbonyl (C=O) groups excluding carboxylic acids is 1. The maximum absolute atomic E-state index is 12.1. The van der Waals surface area contributed by atoms with E-state index in [1.807, 2.05) is 36.4 Å². The van der Waals surface area contributed by atoms with Crippen molar-refractivity contribution in [1.29, 1.82) is 5.26 Å². The summed E-state index contributed by atoms with van der Waals surface area (Å²) < 4.78 is 11.5. The van der Waals surface area contributed by atoms with Gasteiger partial charge >= 0.3 is 0 Å². The van der Waals surface area contributed by atoms with E-state index in [0.717, 1.165) is 28.3 Å². The first-order chi connectivity index (χ1) is 16.2. The summed E-state index contributed by atoms with van der Waals surface area (Å²) in [7, 11) is 0. The molecule has 0 saturated carbocycles. The van der Waals surface area contributed by atoms with Crippen molar-refractivity contribution < 1.29 is 14.3 Å². The highest BCUT2D eigenvalue weighted by Crippen LogP contribution is 2.37. The van der Waals surface area contributed by atoms with Gasteiger partial charge in [0, 0.05) is 41.8 Å². The Kier molecular flexibility index (Phi) is 7.00. The van der Waals surface area contributed by atoms with Gasteiger partial charge in [0.05, 0.1) is 18.2 Å². The number of rotatable bonds is 8. The molecule has 1 atom stereocenters. The third-order valence-electron chi connectivity index (χ3n) is 5.35. The number of hydrogen-bond donors (Lipinski definition) is 2. The number of aromatic nitrogens is 2. The van der Waals surface area contributed by atoms with E-state index in [4.69, 9.17) is 14.7 Å². The van der Waals surface area contributed by atoms with Crippen molar-refractivity contribution in [1.82, 2.24) is 15.3 Å². The molecule has 2 aromatic carbocycles. The van der Waals surface area contributed by atoms with Gasteiger partial charge in [-0.1, -0.05) is 31.2 Å². The molecule has 1 aromatic heterocycles. The molecule has 1 amide bonds. The lowest BCUT2D eigenvalue weighted by Gasteiger charge is -2.23. The van der Waals surface area contributed by atoms with Gasteiger partial charge in [-0.15, -0.1) is 0 Å². The van der Waals surface area contributed by atoms with E-state index in [9.17, 15) is 4.79 Å². The number of anilines is 1. The fourth-order valence-corrected chi connectivity index (χ4v) is 3.59. The summed E-state index contributed by atoms with van der Waals surface area (Å²) in [5.74, 6) is 2.30. The summed E-state index contributed by atoms with van der Waals surface area (Å²) in [4.78, 5) is 20.8. The highest BCUT2D eigenvalue weighted by Gasteiger charge is 2.19. The van der Waals surface area contributed by atoms with Crippen LogP contribution in [0.25, 0.3) is 11.3 Å². The first kappa shape index (κ1) is 22.1. The molecular weight excluding hydrogens is 418 g/mol. The van der Waals surface area contributed by atoms with Crippen LogP contribution in [-0.4, -0.2) is 42.2 Å². The zero-order valence-corrected chi connectivity index (χ0v) is 18.4. The highest BCUT2D eigenvalue weighted by molar-refractivity contribution is 5.94. The van der Waals surface area contributed by atoms with Gasteiger partial charge in [-0.3, -0.25) is 4.79 Å². The van der Waals surface area contributed by atoms with Gasteiger partial charge in [0.1, 0.15) is 25.4 Å². The number of hydrogen-bond acceptors (Lipinski definition) is 7. The standard InChI is InChI=1S/C25H25N5O3/c1-17(20-4-2-5-22-24(20)33-13-12-32-22)15-28-23-14-21(29-16-30-23)18-6-8-19(9-7-18)25(31)27-11-3-10-26/h2,4-9,14,16-17H,3,11-13,15H2,1H3,(H,27,31)(H,28,29,30)/t17-/m1/s1. The summed E-state index contributed by atoms with van der Waals surface area (Å²) in [6, 6.07) is 17.0. The molecule has 33 heavy (non-hydrogen) atoms. The molecule has 3 aromatic rings. The molecule has 2 N–H and O–H groups in total. The molecule has 0 aliphatic carbocycles. The largest absolute Gasteiger partial charge is 0.486 e. The Balaban J connectivity index is 1.40. The first-order valence-corrected chi connectivity index (χ1v) is 10.9. The Hall–Kier alpha value is -4.12. The minimum Gasteiger partial charge on any atom is -0.486 e. The van der Waals surface area contributed by atoms with Gasteiger partial charge < -0.3 is 20.1 Å². The molecule has 4 rings (SSSR count).